The third kappa shape index (κ3) is 4.00. The van der Waals surface area contributed by atoms with Crippen LogP contribution in [0.25, 0.3) is 21.5 Å². The number of rotatable bonds is 5. The van der Waals surface area contributed by atoms with Crippen LogP contribution in [0.3, 0.4) is 0 Å². The molecule has 0 spiro atoms. The molecule has 0 bridgehead atoms. The zero-order valence-electron chi connectivity index (χ0n) is 13.9. The van der Waals surface area contributed by atoms with Gasteiger partial charge in [-0.05, 0) is 29.6 Å². The third-order valence-corrected chi connectivity index (χ3v) is 6.03. The number of nitrogens with zero attached hydrogens (tertiary/aromatic N) is 3. The molecule has 1 amide bonds. The summed E-state index contributed by atoms with van der Waals surface area (Å²) in [5.41, 5.74) is 1.32. The Morgan fingerprint density at radius 1 is 1.26 bits per heavy atom. The first-order valence-electron chi connectivity index (χ1n) is 8.04. The molecular formula is C18H13BrN4O2S2. The van der Waals surface area contributed by atoms with Gasteiger partial charge in [0.2, 0.25) is 5.91 Å². The second kappa shape index (κ2) is 7.71. The lowest BCUT2D eigenvalue weighted by Crippen LogP contribution is -2.23. The summed E-state index contributed by atoms with van der Waals surface area (Å²) >= 11 is 6.35. The first kappa shape index (κ1) is 18.0. The summed E-state index contributed by atoms with van der Waals surface area (Å²) < 4.78 is 2.27. The van der Waals surface area contributed by atoms with Crippen molar-refractivity contribution >= 4 is 60.5 Å². The van der Waals surface area contributed by atoms with Crippen molar-refractivity contribution in [1.82, 2.24) is 14.5 Å². The molecule has 0 radical (unpaired) electrons. The molecule has 0 fully saturated rings. The number of hydrogen-bond donors (Lipinski definition) is 1. The van der Waals surface area contributed by atoms with E-state index < -0.39 is 0 Å². The topological polar surface area (TPSA) is 76.9 Å². The largest absolute Gasteiger partial charge is 0.302 e. The van der Waals surface area contributed by atoms with E-state index in [1.165, 1.54) is 22.2 Å². The summed E-state index contributed by atoms with van der Waals surface area (Å²) in [7, 11) is 0. The Balaban J connectivity index is 1.43. The number of aromatic nitrogens is 3. The lowest BCUT2D eigenvalue weighted by molar-refractivity contribution is -0.116. The van der Waals surface area contributed by atoms with Crippen molar-refractivity contribution in [2.45, 2.75) is 13.0 Å². The highest BCUT2D eigenvalue weighted by molar-refractivity contribution is 9.10. The zero-order chi connectivity index (χ0) is 18.8. The molecule has 0 aliphatic rings. The standard InChI is InChI=1S/C18H13BrN4O2S2/c19-11-3-4-13-12(8-11)17(25)23(10-20-13)6-5-16(24)22-18-21-14(9-27-18)15-2-1-7-26-15/h1-4,7-10H,5-6H2,(H,21,22,24). The molecule has 4 aromatic rings. The molecular weight excluding hydrogens is 448 g/mol. The Labute approximate surface area is 170 Å². The number of anilines is 1. The van der Waals surface area contributed by atoms with Crippen molar-refractivity contribution in [2.75, 3.05) is 5.32 Å². The number of thiazole rings is 1. The Kier molecular flexibility index (Phi) is 5.15. The molecule has 27 heavy (non-hydrogen) atoms. The van der Waals surface area contributed by atoms with Crippen molar-refractivity contribution in [2.24, 2.45) is 0 Å². The van der Waals surface area contributed by atoms with Crippen molar-refractivity contribution in [3.05, 3.63) is 62.2 Å². The van der Waals surface area contributed by atoms with E-state index >= 15 is 0 Å². The van der Waals surface area contributed by atoms with E-state index in [9.17, 15) is 9.59 Å². The van der Waals surface area contributed by atoms with Crippen LogP contribution in [-0.4, -0.2) is 20.4 Å². The van der Waals surface area contributed by atoms with E-state index in [1.807, 2.05) is 29.0 Å². The molecule has 3 heterocycles. The number of nitrogens with one attached hydrogen (secondary N) is 1. The molecule has 0 atom stereocenters. The summed E-state index contributed by atoms with van der Waals surface area (Å²) in [4.78, 5) is 34.5. The van der Waals surface area contributed by atoms with E-state index in [4.69, 9.17) is 0 Å². The van der Waals surface area contributed by atoms with Gasteiger partial charge in [-0.15, -0.1) is 22.7 Å². The minimum absolute atomic E-state index is 0.162. The number of amides is 1. The van der Waals surface area contributed by atoms with Gasteiger partial charge >= 0.3 is 0 Å². The SMILES string of the molecule is O=C(CCn1cnc2ccc(Br)cc2c1=O)Nc1nc(-c2cccs2)cs1. The second-order valence-electron chi connectivity index (χ2n) is 5.72. The fourth-order valence-electron chi connectivity index (χ4n) is 2.56. The summed E-state index contributed by atoms with van der Waals surface area (Å²) in [6.45, 7) is 0.253. The van der Waals surface area contributed by atoms with E-state index in [0.29, 0.717) is 16.0 Å². The van der Waals surface area contributed by atoms with Crippen molar-refractivity contribution in [3.63, 3.8) is 0 Å². The van der Waals surface area contributed by atoms with Gasteiger partial charge in [0.1, 0.15) is 0 Å². The number of hydrogen-bond acceptors (Lipinski definition) is 6. The molecule has 1 aromatic carbocycles. The van der Waals surface area contributed by atoms with Gasteiger partial charge in [-0.25, -0.2) is 9.97 Å². The number of carbonyl (C=O) groups excluding carboxylic acids is 1. The van der Waals surface area contributed by atoms with E-state index in [-0.39, 0.29) is 24.4 Å². The van der Waals surface area contributed by atoms with Crippen LogP contribution in [0.4, 0.5) is 5.13 Å². The zero-order valence-corrected chi connectivity index (χ0v) is 17.1. The van der Waals surface area contributed by atoms with Crippen LogP contribution < -0.4 is 10.9 Å². The molecule has 0 saturated carbocycles. The Morgan fingerprint density at radius 2 is 2.15 bits per heavy atom. The first-order valence-corrected chi connectivity index (χ1v) is 10.6. The van der Waals surface area contributed by atoms with Gasteiger partial charge in [0, 0.05) is 22.8 Å². The van der Waals surface area contributed by atoms with Gasteiger partial charge in [0.25, 0.3) is 5.56 Å². The lowest BCUT2D eigenvalue weighted by atomic mass is 10.2. The van der Waals surface area contributed by atoms with Gasteiger partial charge in [0.15, 0.2) is 5.13 Å². The van der Waals surface area contributed by atoms with Crippen LogP contribution in [0.1, 0.15) is 6.42 Å². The van der Waals surface area contributed by atoms with Gasteiger partial charge < -0.3 is 5.32 Å². The molecule has 136 valence electrons. The van der Waals surface area contributed by atoms with Crippen LogP contribution in [-0.2, 0) is 11.3 Å². The van der Waals surface area contributed by atoms with Gasteiger partial charge in [-0.1, -0.05) is 22.0 Å². The normalized spacial score (nSPS) is 11.0. The van der Waals surface area contributed by atoms with Crippen LogP contribution in [0.5, 0.6) is 0 Å². The monoisotopic (exact) mass is 460 g/mol. The molecule has 0 saturated heterocycles. The second-order valence-corrected chi connectivity index (χ2v) is 8.44. The first-order chi connectivity index (χ1) is 13.1. The lowest BCUT2D eigenvalue weighted by Gasteiger charge is -2.06. The molecule has 4 rings (SSSR count). The maximum Gasteiger partial charge on any atom is 0.261 e. The number of aryl methyl sites for hydroxylation is 1. The predicted octanol–water partition coefficient (Wildman–Crippen LogP) is 4.37. The fourth-order valence-corrected chi connectivity index (χ4v) is 4.41. The summed E-state index contributed by atoms with van der Waals surface area (Å²) in [5.74, 6) is -0.191. The molecule has 1 N–H and O–H groups in total. The van der Waals surface area contributed by atoms with Crippen LogP contribution in [0, 0.1) is 0 Å². The van der Waals surface area contributed by atoms with Gasteiger partial charge in [-0.2, -0.15) is 0 Å². The Bertz CT molecular complexity index is 1170. The summed E-state index contributed by atoms with van der Waals surface area (Å²) in [6, 6.07) is 9.31. The fraction of sp³-hybridized carbons (Fsp3) is 0.111. The average Bonchev–Trinajstić information content (AvgIpc) is 3.33. The maximum atomic E-state index is 12.5. The van der Waals surface area contributed by atoms with Gasteiger partial charge in [-0.3, -0.25) is 14.2 Å². The number of benzene rings is 1. The minimum atomic E-state index is -0.191. The van der Waals surface area contributed by atoms with Crippen LogP contribution >= 0.6 is 38.6 Å². The highest BCUT2D eigenvalue weighted by Gasteiger charge is 2.10. The number of fused-ring (bicyclic) bond motifs is 1. The quantitative estimate of drug-likeness (QED) is 0.479. The van der Waals surface area contributed by atoms with E-state index in [0.717, 1.165) is 15.0 Å². The number of carbonyl (C=O) groups is 1. The van der Waals surface area contributed by atoms with Crippen molar-refractivity contribution < 1.29 is 4.79 Å². The van der Waals surface area contributed by atoms with E-state index in [1.54, 1.807) is 23.5 Å². The molecule has 0 unspecified atom stereocenters. The Hall–Kier alpha value is -2.36. The average molecular weight is 461 g/mol. The highest BCUT2D eigenvalue weighted by Crippen LogP contribution is 2.28. The Morgan fingerprint density at radius 3 is 2.96 bits per heavy atom. The van der Waals surface area contributed by atoms with E-state index in [2.05, 4.69) is 31.2 Å². The predicted molar refractivity (Wildman–Crippen MR) is 112 cm³/mol. The maximum absolute atomic E-state index is 12.5. The summed E-state index contributed by atoms with van der Waals surface area (Å²) in [5, 5.41) is 7.76. The molecule has 6 nitrogen and oxygen atoms in total. The number of halogens is 1. The van der Waals surface area contributed by atoms with Crippen LogP contribution in [0.2, 0.25) is 0 Å². The molecule has 0 aliphatic carbocycles. The smallest absolute Gasteiger partial charge is 0.261 e. The molecule has 3 aromatic heterocycles. The highest BCUT2D eigenvalue weighted by atomic mass is 79.9. The number of thiophene rings is 1. The van der Waals surface area contributed by atoms with Crippen LogP contribution in [0.15, 0.2) is 56.7 Å². The summed E-state index contributed by atoms with van der Waals surface area (Å²) in [6.07, 6.45) is 1.64. The van der Waals surface area contributed by atoms with Crippen molar-refractivity contribution in [1.29, 1.82) is 0 Å². The minimum Gasteiger partial charge on any atom is -0.302 e. The van der Waals surface area contributed by atoms with Crippen molar-refractivity contribution in [3.8, 4) is 10.6 Å². The third-order valence-electron chi connectivity index (χ3n) is 3.89. The molecule has 0 aliphatic heterocycles. The molecule has 9 heteroatoms. The van der Waals surface area contributed by atoms with Gasteiger partial charge in [0.05, 0.1) is 27.8 Å².